The van der Waals surface area contributed by atoms with Gasteiger partial charge in [0.05, 0.1) is 0 Å². The van der Waals surface area contributed by atoms with E-state index in [1.807, 2.05) is 0 Å². The van der Waals surface area contributed by atoms with Crippen molar-refractivity contribution >= 4 is 10.8 Å². The van der Waals surface area contributed by atoms with Crippen LogP contribution in [0, 0.1) is 0 Å². The summed E-state index contributed by atoms with van der Waals surface area (Å²) in [5, 5.41) is 2.70. The second-order valence-electron chi connectivity index (χ2n) is 5.74. The molecule has 0 unspecified atom stereocenters. The maximum Gasteiger partial charge on any atom is 0.0195 e. The van der Waals surface area contributed by atoms with Crippen molar-refractivity contribution in [2.45, 2.75) is 44.1 Å². The highest BCUT2D eigenvalue weighted by Crippen LogP contribution is 2.31. The van der Waals surface area contributed by atoms with Gasteiger partial charge in [-0.05, 0) is 35.6 Å². The summed E-state index contributed by atoms with van der Waals surface area (Å²) in [7, 11) is 0. The largest absolute Gasteiger partial charge is 0.325 e. The maximum atomic E-state index is 6.58. The first-order chi connectivity index (χ1) is 8.77. The fourth-order valence-corrected chi connectivity index (χ4v) is 3.26. The van der Waals surface area contributed by atoms with Gasteiger partial charge >= 0.3 is 0 Å². The summed E-state index contributed by atoms with van der Waals surface area (Å²) < 4.78 is 0. The molecule has 18 heavy (non-hydrogen) atoms. The van der Waals surface area contributed by atoms with Crippen LogP contribution in [-0.2, 0) is 6.42 Å². The lowest BCUT2D eigenvalue weighted by molar-refractivity contribution is 0.295. The zero-order valence-electron chi connectivity index (χ0n) is 10.9. The number of rotatable bonds is 2. The van der Waals surface area contributed by atoms with Crippen molar-refractivity contribution in [2.24, 2.45) is 5.73 Å². The minimum absolute atomic E-state index is 0.0301. The Labute approximate surface area is 109 Å². The summed E-state index contributed by atoms with van der Waals surface area (Å²) in [6.07, 6.45) is 7.32. The lowest BCUT2D eigenvalue weighted by atomic mass is 9.78. The third-order valence-corrected chi connectivity index (χ3v) is 4.27. The Bertz CT molecular complexity index is 533. The van der Waals surface area contributed by atoms with Crippen LogP contribution in [0.4, 0.5) is 0 Å². The molecule has 3 rings (SSSR count). The van der Waals surface area contributed by atoms with E-state index in [9.17, 15) is 0 Å². The number of hydrogen-bond donors (Lipinski definition) is 1. The van der Waals surface area contributed by atoms with Gasteiger partial charge < -0.3 is 5.73 Å². The molecule has 0 bridgehead atoms. The molecule has 1 aliphatic rings. The SMILES string of the molecule is NC1(Cc2cccc3ccccc23)CCCCC1. The molecule has 2 N–H and O–H groups in total. The lowest BCUT2D eigenvalue weighted by Crippen LogP contribution is -2.43. The van der Waals surface area contributed by atoms with Gasteiger partial charge in [-0.1, -0.05) is 61.7 Å². The van der Waals surface area contributed by atoms with E-state index in [-0.39, 0.29) is 5.54 Å². The van der Waals surface area contributed by atoms with Gasteiger partial charge in [0, 0.05) is 5.54 Å². The van der Waals surface area contributed by atoms with Crippen molar-refractivity contribution in [3.05, 3.63) is 48.0 Å². The molecule has 0 heterocycles. The molecule has 0 spiro atoms. The molecule has 0 aromatic heterocycles. The Balaban J connectivity index is 1.94. The van der Waals surface area contributed by atoms with E-state index < -0.39 is 0 Å². The molecule has 1 aliphatic carbocycles. The number of nitrogens with two attached hydrogens (primary N) is 1. The van der Waals surface area contributed by atoms with Gasteiger partial charge in [-0.25, -0.2) is 0 Å². The molecule has 1 heteroatoms. The quantitative estimate of drug-likeness (QED) is 0.840. The van der Waals surface area contributed by atoms with Crippen LogP contribution in [-0.4, -0.2) is 5.54 Å². The minimum Gasteiger partial charge on any atom is -0.325 e. The standard InChI is InChI=1S/C17H21N/c18-17(11-4-1-5-12-17)13-15-9-6-8-14-7-2-3-10-16(14)15/h2-3,6-10H,1,4-5,11-13,18H2. The summed E-state index contributed by atoms with van der Waals surface area (Å²) in [5.41, 5.74) is 8.03. The van der Waals surface area contributed by atoms with E-state index >= 15 is 0 Å². The third kappa shape index (κ3) is 2.28. The highest BCUT2D eigenvalue weighted by molar-refractivity contribution is 5.85. The van der Waals surface area contributed by atoms with Crippen LogP contribution in [0.3, 0.4) is 0 Å². The fourth-order valence-electron chi connectivity index (χ4n) is 3.26. The molecule has 1 saturated carbocycles. The normalized spacial score (nSPS) is 18.9. The molecule has 2 aromatic rings. The Morgan fingerprint density at radius 1 is 0.889 bits per heavy atom. The molecule has 94 valence electrons. The van der Waals surface area contributed by atoms with Gasteiger partial charge in [-0.2, -0.15) is 0 Å². The molecule has 0 atom stereocenters. The summed E-state index contributed by atoms with van der Waals surface area (Å²) >= 11 is 0. The van der Waals surface area contributed by atoms with Crippen LogP contribution >= 0.6 is 0 Å². The monoisotopic (exact) mass is 239 g/mol. The number of fused-ring (bicyclic) bond motifs is 1. The Morgan fingerprint density at radius 2 is 1.61 bits per heavy atom. The second kappa shape index (κ2) is 4.74. The van der Waals surface area contributed by atoms with E-state index in [0.717, 1.165) is 6.42 Å². The highest BCUT2D eigenvalue weighted by Gasteiger charge is 2.27. The van der Waals surface area contributed by atoms with Gasteiger partial charge in [-0.3, -0.25) is 0 Å². The second-order valence-corrected chi connectivity index (χ2v) is 5.74. The maximum absolute atomic E-state index is 6.58. The lowest BCUT2D eigenvalue weighted by Gasteiger charge is -2.34. The van der Waals surface area contributed by atoms with Crippen LogP contribution in [0.1, 0.15) is 37.7 Å². The van der Waals surface area contributed by atoms with Crippen molar-refractivity contribution in [1.82, 2.24) is 0 Å². The topological polar surface area (TPSA) is 26.0 Å². The van der Waals surface area contributed by atoms with Crippen molar-refractivity contribution in [3.63, 3.8) is 0 Å². The molecule has 0 aliphatic heterocycles. The van der Waals surface area contributed by atoms with E-state index in [4.69, 9.17) is 5.73 Å². The van der Waals surface area contributed by atoms with E-state index in [1.54, 1.807) is 0 Å². The zero-order chi connectivity index (χ0) is 12.4. The average Bonchev–Trinajstić information content (AvgIpc) is 2.40. The van der Waals surface area contributed by atoms with E-state index in [1.165, 1.54) is 48.4 Å². The number of hydrogen-bond acceptors (Lipinski definition) is 1. The number of benzene rings is 2. The molecule has 0 saturated heterocycles. The van der Waals surface area contributed by atoms with Crippen LogP contribution in [0.15, 0.2) is 42.5 Å². The molecule has 2 aromatic carbocycles. The Morgan fingerprint density at radius 3 is 2.44 bits per heavy atom. The molecular weight excluding hydrogens is 218 g/mol. The van der Waals surface area contributed by atoms with Gasteiger partial charge in [0.2, 0.25) is 0 Å². The Kier molecular flexibility index (Phi) is 3.09. The Hall–Kier alpha value is -1.34. The van der Waals surface area contributed by atoms with Crippen LogP contribution in [0.2, 0.25) is 0 Å². The summed E-state index contributed by atoms with van der Waals surface area (Å²) in [6, 6.07) is 15.2. The molecule has 1 nitrogen and oxygen atoms in total. The van der Waals surface area contributed by atoms with Gasteiger partial charge in [0.15, 0.2) is 0 Å². The molecule has 0 radical (unpaired) electrons. The molecule has 0 amide bonds. The van der Waals surface area contributed by atoms with Gasteiger partial charge in [-0.15, -0.1) is 0 Å². The summed E-state index contributed by atoms with van der Waals surface area (Å²) in [4.78, 5) is 0. The average molecular weight is 239 g/mol. The van der Waals surface area contributed by atoms with E-state index in [0.29, 0.717) is 0 Å². The minimum atomic E-state index is 0.0301. The van der Waals surface area contributed by atoms with Crippen molar-refractivity contribution in [3.8, 4) is 0 Å². The fraction of sp³-hybridized carbons (Fsp3) is 0.412. The van der Waals surface area contributed by atoms with Crippen LogP contribution < -0.4 is 5.73 Å². The van der Waals surface area contributed by atoms with Gasteiger partial charge in [0.1, 0.15) is 0 Å². The van der Waals surface area contributed by atoms with Gasteiger partial charge in [0.25, 0.3) is 0 Å². The van der Waals surface area contributed by atoms with Crippen LogP contribution in [0.5, 0.6) is 0 Å². The van der Waals surface area contributed by atoms with Crippen LogP contribution in [0.25, 0.3) is 10.8 Å². The van der Waals surface area contributed by atoms with E-state index in [2.05, 4.69) is 42.5 Å². The van der Waals surface area contributed by atoms with Crippen molar-refractivity contribution in [2.75, 3.05) is 0 Å². The van der Waals surface area contributed by atoms with Crippen molar-refractivity contribution < 1.29 is 0 Å². The summed E-state index contributed by atoms with van der Waals surface area (Å²) in [5.74, 6) is 0. The summed E-state index contributed by atoms with van der Waals surface area (Å²) in [6.45, 7) is 0. The molecule has 1 fully saturated rings. The molecular formula is C17H21N. The predicted molar refractivity (Wildman–Crippen MR) is 77.7 cm³/mol. The van der Waals surface area contributed by atoms with Crippen molar-refractivity contribution in [1.29, 1.82) is 0 Å². The zero-order valence-corrected chi connectivity index (χ0v) is 10.9. The first-order valence-corrected chi connectivity index (χ1v) is 7.02. The predicted octanol–water partition coefficient (Wildman–Crippen LogP) is 4.04. The smallest absolute Gasteiger partial charge is 0.0195 e. The first-order valence-electron chi connectivity index (χ1n) is 7.02. The highest BCUT2D eigenvalue weighted by atomic mass is 14.7. The first kappa shape index (κ1) is 11.7. The third-order valence-electron chi connectivity index (χ3n) is 4.27.